The molecular formula is C16H27ClN2O. The van der Waals surface area contributed by atoms with E-state index >= 15 is 0 Å². The number of hydrogen-bond donors (Lipinski definition) is 1. The number of benzene rings is 1. The summed E-state index contributed by atoms with van der Waals surface area (Å²) in [6.45, 7) is 2.78. The Labute approximate surface area is 128 Å². The molecule has 1 unspecified atom stereocenters. The number of nitrogens with zero attached hydrogens (tertiary/aromatic N) is 1. The van der Waals surface area contributed by atoms with Gasteiger partial charge >= 0.3 is 0 Å². The zero-order chi connectivity index (χ0) is 14.1. The van der Waals surface area contributed by atoms with Crippen molar-refractivity contribution in [2.45, 2.75) is 45.1 Å². The fourth-order valence-electron chi connectivity index (χ4n) is 1.99. The van der Waals surface area contributed by atoms with Gasteiger partial charge in [-0.25, -0.2) is 0 Å². The molecule has 0 fully saturated rings. The zero-order valence-corrected chi connectivity index (χ0v) is 13.4. The minimum absolute atomic E-state index is 0. The third-order valence-corrected chi connectivity index (χ3v) is 3.29. The van der Waals surface area contributed by atoms with Gasteiger partial charge in [0.15, 0.2) is 0 Å². The van der Waals surface area contributed by atoms with Gasteiger partial charge in [0.05, 0.1) is 0 Å². The van der Waals surface area contributed by atoms with Crippen LogP contribution in [0.1, 0.15) is 38.2 Å². The molecular weight excluding hydrogens is 272 g/mol. The van der Waals surface area contributed by atoms with Crippen LogP contribution in [0.15, 0.2) is 30.3 Å². The molecule has 114 valence electrons. The van der Waals surface area contributed by atoms with Crippen LogP contribution in [0, 0.1) is 0 Å². The summed E-state index contributed by atoms with van der Waals surface area (Å²) in [6, 6.07) is 10.6. The Morgan fingerprint density at radius 3 is 2.50 bits per heavy atom. The third-order valence-electron chi connectivity index (χ3n) is 3.29. The number of rotatable bonds is 8. The van der Waals surface area contributed by atoms with Gasteiger partial charge in [0, 0.05) is 26.1 Å². The van der Waals surface area contributed by atoms with Crippen molar-refractivity contribution in [3.63, 3.8) is 0 Å². The van der Waals surface area contributed by atoms with Gasteiger partial charge in [-0.15, -0.1) is 12.4 Å². The van der Waals surface area contributed by atoms with Gasteiger partial charge < -0.3 is 10.6 Å². The fraction of sp³-hybridized carbons (Fsp3) is 0.562. The average Bonchev–Trinajstić information content (AvgIpc) is 2.41. The van der Waals surface area contributed by atoms with E-state index in [1.807, 2.05) is 24.9 Å². The van der Waals surface area contributed by atoms with E-state index in [0.717, 1.165) is 32.2 Å². The Balaban J connectivity index is 0.00000361. The highest BCUT2D eigenvalue weighted by Gasteiger charge is 2.08. The Bertz CT molecular complexity index is 368. The smallest absolute Gasteiger partial charge is 0.222 e. The van der Waals surface area contributed by atoms with E-state index in [1.54, 1.807) is 0 Å². The predicted octanol–water partition coefficient (Wildman–Crippen LogP) is 3.02. The molecule has 0 heterocycles. The van der Waals surface area contributed by atoms with E-state index in [0.29, 0.717) is 6.42 Å². The van der Waals surface area contributed by atoms with Crippen LogP contribution in [-0.4, -0.2) is 30.4 Å². The van der Waals surface area contributed by atoms with Crippen molar-refractivity contribution < 1.29 is 4.79 Å². The molecule has 0 radical (unpaired) electrons. The van der Waals surface area contributed by atoms with Gasteiger partial charge in [0.2, 0.25) is 5.91 Å². The largest absolute Gasteiger partial charge is 0.346 e. The summed E-state index contributed by atoms with van der Waals surface area (Å²) in [7, 11) is 1.88. The molecule has 0 saturated carbocycles. The summed E-state index contributed by atoms with van der Waals surface area (Å²) < 4.78 is 0. The fourth-order valence-corrected chi connectivity index (χ4v) is 1.99. The first-order chi connectivity index (χ1) is 9.09. The Kier molecular flexibility index (Phi) is 10.1. The molecule has 1 atom stereocenters. The van der Waals surface area contributed by atoms with Crippen LogP contribution in [0.3, 0.4) is 0 Å². The van der Waals surface area contributed by atoms with Gasteiger partial charge in [-0.05, 0) is 38.2 Å². The second-order valence-electron chi connectivity index (χ2n) is 5.27. The number of nitrogens with two attached hydrogens (primary N) is 1. The van der Waals surface area contributed by atoms with Crippen LogP contribution < -0.4 is 5.73 Å². The molecule has 3 nitrogen and oxygen atoms in total. The van der Waals surface area contributed by atoms with Crippen molar-refractivity contribution in [3.05, 3.63) is 35.9 Å². The standard InChI is InChI=1S/C16H26N2O.ClH/c1-14(17)11-12-16(19)18(2)13-7-6-10-15-8-4-3-5-9-15;/h3-5,8-9,14H,6-7,10-13,17H2,1-2H3;1H. The van der Waals surface area contributed by atoms with E-state index in [1.165, 1.54) is 5.56 Å². The SMILES string of the molecule is CC(N)CCC(=O)N(C)CCCCc1ccccc1.Cl. The highest BCUT2D eigenvalue weighted by Crippen LogP contribution is 2.06. The lowest BCUT2D eigenvalue weighted by molar-refractivity contribution is -0.130. The number of carbonyl (C=O) groups is 1. The maximum atomic E-state index is 11.8. The molecule has 1 amide bonds. The van der Waals surface area contributed by atoms with Gasteiger partial charge in [-0.3, -0.25) is 4.79 Å². The molecule has 1 aromatic carbocycles. The highest BCUT2D eigenvalue weighted by atomic mass is 35.5. The summed E-state index contributed by atoms with van der Waals surface area (Å²) >= 11 is 0. The van der Waals surface area contributed by atoms with E-state index in [-0.39, 0.29) is 24.4 Å². The normalized spacial score (nSPS) is 11.6. The quantitative estimate of drug-likeness (QED) is 0.750. The first-order valence-electron chi connectivity index (χ1n) is 7.13. The molecule has 0 spiro atoms. The molecule has 2 N–H and O–H groups in total. The van der Waals surface area contributed by atoms with Crippen molar-refractivity contribution in [3.8, 4) is 0 Å². The van der Waals surface area contributed by atoms with Crippen LogP contribution in [0.2, 0.25) is 0 Å². The summed E-state index contributed by atoms with van der Waals surface area (Å²) in [4.78, 5) is 13.6. The lowest BCUT2D eigenvalue weighted by atomic mass is 10.1. The van der Waals surface area contributed by atoms with E-state index in [4.69, 9.17) is 5.73 Å². The molecule has 0 aliphatic heterocycles. The lowest BCUT2D eigenvalue weighted by Crippen LogP contribution is -2.29. The van der Waals surface area contributed by atoms with Crippen molar-refractivity contribution in [1.29, 1.82) is 0 Å². The molecule has 1 rings (SSSR count). The molecule has 0 aliphatic carbocycles. The second kappa shape index (κ2) is 10.7. The number of halogens is 1. The summed E-state index contributed by atoms with van der Waals surface area (Å²) in [5.74, 6) is 0.206. The van der Waals surface area contributed by atoms with E-state index in [9.17, 15) is 4.79 Å². The Hall–Kier alpha value is -1.06. The van der Waals surface area contributed by atoms with Crippen LogP contribution in [0.5, 0.6) is 0 Å². The van der Waals surface area contributed by atoms with Gasteiger partial charge in [-0.1, -0.05) is 30.3 Å². The predicted molar refractivity (Wildman–Crippen MR) is 87.1 cm³/mol. The van der Waals surface area contributed by atoms with Gasteiger partial charge in [0.1, 0.15) is 0 Å². The van der Waals surface area contributed by atoms with Crippen LogP contribution >= 0.6 is 12.4 Å². The number of amides is 1. The monoisotopic (exact) mass is 298 g/mol. The van der Waals surface area contributed by atoms with Crippen LogP contribution in [0.4, 0.5) is 0 Å². The summed E-state index contributed by atoms with van der Waals surface area (Å²) in [5.41, 5.74) is 7.03. The molecule has 4 heteroatoms. The Morgan fingerprint density at radius 2 is 1.90 bits per heavy atom. The minimum atomic E-state index is 0. The summed E-state index contributed by atoms with van der Waals surface area (Å²) in [6.07, 6.45) is 4.59. The molecule has 0 bridgehead atoms. The van der Waals surface area contributed by atoms with Crippen molar-refractivity contribution in [2.24, 2.45) is 5.73 Å². The first-order valence-corrected chi connectivity index (χ1v) is 7.13. The maximum Gasteiger partial charge on any atom is 0.222 e. The zero-order valence-electron chi connectivity index (χ0n) is 12.5. The van der Waals surface area contributed by atoms with E-state index < -0.39 is 0 Å². The van der Waals surface area contributed by atoms with Gasteiger partial charge in [0.25, 0.3) is 0 Å². The molecule has 20 heavy (non-hydrogen) atoms. The number of carbonyl (C=O) groups excluding carboxylic acids is 1. The lowest BCUT2D eigenvalue weighted by Gasteiger charge is -2.17. The Morgan fingerprint density at radius 1 is 1.25 bits per heavy atom. The summed E-state index contributed by atoms with van der Waals surface area (Å²) in [5, 5.41) is 0. The van der Waals surface area contributed by atoms with E-state index in [2.05, 4.69) is 24.3 Å². The van der Waals surface area contributed by atoms with Crippen LogP contribution in [-0.2, 0) is 11.2 Å². The number of aryl methyl sites for hydroxylation is 1. The van der Waals surface area contributed by atoms with Crippen molar-refractivity contribution in [2.75, 3.05) is 13.6 Å². The molecule has 0 aromatic heterocycles. The second-order valence-corrected chi connectivity index (χ2v) is 5.27. The third kappa shape index (κ3) is 8.18. The van der Waals surface area contributed by atoms with Crippen molar-refractivity contribution in [1.82, 2.24) is 4.90 Å². The molecule has 1 aromatic rings. The first kappa shape index (κ1) is 18.9. The van der Waals surface area contributed by atoms with Crippen LogP contribution in [0.25, 0.3) is 0 Å². The molecule has 0 aliphatic rings. The minimum Gasteiger partial charge on any atom is -0.346 e. The van der Waals surface area contributed by atoms with Gasteiger partial charge in [-0.2, -0.15) is 0 Å². The van der Waals surface area contributed by atoms with Crippen molar-refractivity contribution >= 4 is 18.3 Å². The topological polar surface area (TPSA) is 46.3 Å². The highest BCUT2D eigenvalue weighted by molar-refractivity contribution is 5.85. The maximum absolute atomic E-state index is 11.8. The number of hydrogen-bond acceptors (Lipinski definition) is 2. The average molecular weight is 299 g/mol. The number of unbranched alkanes of at least 4 members (excludes halogenated alkanes) is 1. The molecule has 0 saturated heterocycles.